The maximum Gasteiger partial charge on any atom is 0.248 e. The van der Waals surface area contributed by atoms with Gasteiger partial charge in [-0.1, -0.05) is 35.9 Å². The van der Waals surface area contributed by atoms with E-state index in [1.54, 1.807) is 30.8 Å². The number of hydrogen-bond donors (Lipinski definition) is 2. The molecule has 28 heavy (non-hydrogen) atoms. The van der Waals surface area contributed by atoms with Gasteiger partial charge in [0.05, 0.1) is 12.7 Å². The molecule has 3 N–H and O–H groups in total. The predicted molar refractivity (Wildman–Crippen MR) is 107 cm³/mol. The molecule has 0 aliphatic carbocycles. The number of amides is 1. The standard InChI is InChI=1S/C20H18ClN5O2/c1-11-16(18(22)27)17(12-5-4-8-15(10-12)28-2)26-20(23-11)24-19(25-26)13-6-3-7-14(21)9-13/h3-10,17H,1-2H3,(H2,22,27)(H,23,24,25)/t17-/m0/s1. The third-order valence-corrected chi connectivity index (χ3v) is 4.85. The molecule has 0 spiro atoms. The lowest BCUT2D eigenvalue weighted by molar-refractivity contribution is -0.115. The van der Waals surface area contributed by atoms with Gasteiger partial charge in [0.15, 0.2) is 5.82 Å². The van der Waals surface area contributed by atoms with Gasteiger partial charge >= 0.3 is 0 Å². The highest BCUT2D eigenvalue weighted by atomic mass is 35.5. The molecular weight excluding hydrogens is 378 g/mol. The summed E-state index contributed by atoms with van der Waals surface area (Å²) in [4.78, 5) is 16.8. The minimum atomic E-state index is -0.525. The average Bonchev–Trinajstić information content (AvgIpc) is 3.10. The summed E-state index contributed by atoms with van der Waals surface area (Å²) in [6.07, 6.45) is 0. The third kappa shape index (κ3) is 3.10. The Morgan fingerprint density at radius 1 is 1.25 bits per heavy atom. The van der Waals surface area contributed by atoms with Gasteiger partial charge < -0.3 is 15.8 Å². The number of nitrogens with one attached hydrogen (secondary N) is 1. The molecule has 2 aromatic carbocycles. The monoisotopic (exact) mass is 395 g/mol. The smallest absolute Gasteiger partial charge is 0.248 e. The van der Waals surface area contributed by atoms with Crippen LogP contribution in [0, 0.1) is 0 Å². The summed E-state index contributed by atoms with van der Waals surface area (Å²) in [5.41, 5.74) is 8.35. The van der Waals surface area contributed by atoms with Crippen LogP contribution in [-0.4, -0.2) is 27.8 Å². The summed E-state index contributed by atoms with van der Waals surface area (Å²) < 4.78 is 7.00. The van der Waals surface area contributed by atoms with Crippen LogP contribution in [0.2, 0.25) is 5.02 Å². The van der Waals surface area contributed by atoms with E-state index in [2.05, 4.69) is 15.4 Å². The number of benzene rings is 2. The molecule has 4 rings (SSSR count). The number of anilines is 1. The van der Waals surface area contributed by atoms with Gasteiger partial charge in [-0.25, -0.2) is 4.68 Å². The quantitative estimate of drug-likeness (QED) is 0.706. The van der Waals surface area contributed by atoms with Crippen molar-refractivity contribution in [1.29, 1.82) is 0 Å². The zero-order valence-corrected chi connectivity index (χ0v) is 16.1. The minimum absolute atomic E-state index is 0.420. The molecule has 1 aliphatic heterocycles. The largest absolute Gasteiger partial charge is 0.497 e. The molecule has 0 saturated carbocycles. The first-order valence-corrected chi connectivity index (χ1v) is 8.99. The molecule has 1 atom stereocenters. The Kier molecular flexibility index (Phi) is 4.52. The fraction of sp³-hybridized carbons (Fsp3) is 0.150. The van der Waals surface area contributed by atoms with Crippen molar-refractivity contribution >= 4 is 23.5 Å². The van der Waals surface area contributed by atoms with Crippen LogP contribution >= 0.6 is 11.6 Å². The van der Waals surface area contributed by atoms with Gasteiger partial charge in [-0.3, -0.25) is 4.79 Å². The Hall–Kier alpha value is -3.32. The summed E-state index contributed by atoms with van der Waals surface area (Å²) in [7, 11) is 1.59. The number of rotatable bonds is 4. The Labute approximate surface area is 166 Å². The average molecular weight is 396 g/mol. The molecule has 3 aromatic rings. The molecule has 0 unspecified atom stereocenters. The fourth-order valence-electron chi connectivity index (χ4n) is 3.34. The van der Waals surface area contributed by atoms with Crippen molar-refractivity contribution in [3.05, 3.63) is 70.4 Å². The molecule has 142 valence electrons. The summed E-state index contributed by atoms with van der Waals surface area (Å²) in [6, 6.07) is 14.2. The van der Waals surface area contributed by atoms with E-state index in [-0.39, 0.29) is 0 Å². The van der Waals surface area contributed by atoms with E-state index in [4.69, 9.17) is 22.1 Å². The van der Waals surface area contributed by atoms with Crippen molar-refractivity contribution < 1.29 is 9.53 Å². The maximum absolute atomic E-state index is 12.2. The van der Waals surface area contributed by atoms with Crippen LogP contribution in [0.15, 0.2) is 59.8 Å². The number of primary amides is 1. The topological polar surface area (TPSA) is 95.1 Å². The number of methoxy groups -OCH3 is 1. The van der Waals surface area contributed by atoms with Crippen LogP contribution < -0.4 is 15.8 Å². The number of halogens is 1. The molecular formula is C20H18ClN5O2. The molecule has 0 bridgehead atoms. The zero-order valence-electron chi connectivity index (χ0n) is 15.3. The molecule has 7 nitrogen and oxygen atoms in total. The van der Waals surface area contributed by atoms with E-state index >= 15 is 0 Å². The first kappa shape index (κ1) is 18.1. The number of ether oxygens (including phenoxy) is 1. The van der Waals surface area contributed by atoms with Crippen LogP contribution in [-0.2, 0) is 4.79 Å². The highest BCUT2D eigenvalue weighted by Crippen LogP contribution is 2.37. The Morgan fingerprint density at radius 2 is 2.04 bits per heavy atom. The van der Waals surface area contributed by atoms with Gasteiger partial charge in [0.1, 0.15) is 11.8 Å². The second kappa shape index (κ2) is 7.01. The number of carbonyl (C=O) groups is 1. The minimum Gasteiger partial charge on any atom is -0.497 e. The van der Waals surface area contributed by atoms with Crippen molar-refractivity contribution in [3.63, 3.8) is 0 Å². The van der Waals surface area contributed by atoms with Crippen molar-refractivity contribution in [1.82, 2.24) is 14.8 Å². The second-order valence-corrected chi connectivity index (χ2v) is 6.86. The van der Waals surface area contributed by atoms with Gasteiger partial charge in [0.25, 0.3) is 0 Å². The van der Waals surface area contributed by atoms with Crippen molar-refractivity contribution in [3.8, 4) is 17.1 Å². The van der Waals surface area contributed by atoms with E-state index < -0.39 is 11.9 Å². The summed E-state index contributed by atoms with van der Waals surface area (Å²) in [5, 5.41) is 8.36. The van der Waals surface area contributed by atoms with Crippen molar-refractivity contribution in [2.75, 3.05) is 12.4 Å². The molecule has 2 heterocycles. The van der Waals surface area contributed by atoms with E-state index in [9.17, 15) is 4.79 Å². The highest BCUT2D eigenvalue weighted by Gasteiger charge is 2.33. The normalized spacial score (nSPS) is 15.8. The molecule has 0 fully saturated rings. The van der Waals surface area contributed by atoms with Gasteiger partial charge in [0.2, 0.25) is 11.9 Å². The van der Waals surface area contributed by atoms with Gasteiger partial charge in [-0.2, -0.15) is 4.98 Å². The molecule has 8 heteroatoms. The Morgan fingerprint density at radius 3 is 2.75 bits per heavy atom. The van der Waals surface area contributed by atoms with Crippen LogP contribution in [0.3, 0.4) is 0 Å². The van der Waals surface area contributed by atoms with Crippen LogP contribution in [0.25, 0.3) is 11.4 Å². The van der Waals surface area contributed by atoms with Crippen LogP contribution in [0.5, 0.6) is 5.75 Å². The number of aromatic nitrogens is 3. The summed E-state index contributed by atoms with van der Waals surface area (Å²) in [6.45, 7) is 1.80. The zero-order chi connectivity index (χ0) is 19.8. The summed E-state index contributed by atoms with van der Waals surface area (Å²) >= 11 is 6.11. The van der Waals surface area contributed by atoms with Gasteiger partial charge in [-0.05, 0) is 36.8 Å². The molecule has 1 aliphatic rings. The Bertz CT molecular complexity index is 1110. The number of carbonyl (C=O) groups excluding carboxylic acids is 1. The first-order chi connectivity index (χ1) is 13.5. The number of allylic oxidation sites excluding steroid dienone is 1. The second-order valence-electron chi connectivity index (χ2n) is 6.42. The van der Waals surface area contributed by atoms with E-state index in [1.165, 1.54) is 0 Å². The third-order valence-electron chi connectivity index (χ3n) is 4.61. The van der Waals surface area contributed by atoms with Gasteiger partial charge in [0, 0.05) is 16.3 Å². The summed E-state index contributed by atoms with van der Waals surface area (Å²) in [5.74, 6) is 1.17. The number of nitrogens with zero attached hydrogens (tertiary/aromatic N) is 3. The molecule has 0 saturated heterocycles. The van der Waals surface area contributed by atoms with E-state index in [1.807, 2.05) is 36.4 Å². The SMILES string of the molecule is COc1cccc([C@H]2C(C(N)=O)=C(C)Nc3nc(-c4cccc(Cl)c4)nn32)c1. The number of fused-ring (bicyclic) bond motifs is 1. The Balaban J connectivity index is 1.89. The van der Waals surface area contributed by atoms with Crippen LogP contribution in [0.1, 0.15) is 18.5 Å². The molecule has 1 aromatic heterocycles. The molecule has 1 amide bonds. The number of hydrogen-bond acceptors (Lipinski definition) is 5. The first-order valence-electron chi connectivity index (χ1n) is 8.62. The van der Waals surface area contributed by atoms with E-state index in [0.29, 0.717) is 33.8 Å². The van der Waals surface area contributed by atoms with Gasteiger partial charge in [-0.15, -0.1) is 5.10 Å². The lowest BCUT2D eigenvalue weighted by atomic mass is 9.95. The lowest BCUT2D eigenvalue weighted by Crippen LogP contribution is -2.31. The van der Waals surface area contributed by atoms with Crippen molar-refractivity contribution in [2.45, 2.75) is 13.0 Å². The highest BCUT2D eigenvalue weighted by molar-refractivity contribution is 6.30. The maximum atomic E-state index is 12.2. The van der Waals surface area contributed by atoms with E-state index in [0.717, 1.165) is 11.1 Å². The number of nitrogens with two attached hydrogens (primary N) is 1. The molecule has 0 radical (unpaired) electrons. The van der Waals surface area contributed by atoms with Crippen molar-refractivity contribution in [2.24, 2.45) is 5.73 Å². The van der Waals surface area contributed by atoms with Crippen LogP contribution in [0.4, 0.5) is 5.95 Å². The lowest BCUT2D eigenvalue weighted by Gasteiger charge is -2.27. The fourth-order valence-corrected chi connectivity index (χ4v) is 3.53. The predicted octanol–water partition coefficient (Wildman–Crippen LogP) is 3.38.